The molecule has 7 nitrogen and oxygen atoms in total. The maximum Gasteiger partial charge on any atom is 0.208 e. The fraction of sp³-hybridized carbons (Fsp3) is 0.478. The van der Waals surface area contributed by atoms with Crippen LogP contribution in [0.1, 0.15) is 43.0 Å². The number of ether oxygens (including phenoxy) is 1. The van der Waals surface area contributed by atoms with Crippen molar-refractivity contribution < 1.29 is 4.74 Å². The summed E-state index contributed by atoms with van der Waals surface area (Å²) < 4.78 is 5.22. The van der Waals surface area contributed by atoms with Crippen molar-refractivity contribution in [2.45, 2.75) is 38.0 Å². The summed E-state index contributed by atoms with van der Waals surface area (Å²) in [7, 11) is 1.67. The fourth-order valence-electron chi connectivity index (χ4n) is 4.41. The molecule has 0 unspecified atom stereocenters. The zero-order valence-corrected chi connectivity index (χ0v) is 18.7. The monoisotopic (exact) mass is 436 g/mol. The molecule has 0 bridgehead atoms. The van der Waals surface area contributed by atoms with E-state index >= 15 is 0 Å². The topological polar surface area (TPSA) is 67.3 Å². The highest BCUT2D eigenvalue weighted by Gasteiger charge is 2.24. The first-order valence-electron chi connectivity index (χ1n) is 11.1. The molecule has 3 aromatic rings. The molecule has 8 heteroatoms. The molecule has 31 heavy (non-hydrogen) atoms. The lowest BCUT2D eigenvalue weighted by atomic mass is 9.90. The highest BCUT2D eigenvalue weighted by atomic mass is 32.1. The Morgan fingerprint density at radius 3 is 2.23 bits per heavy atom. The smallest absolute Gasteiger partial charge is 0.208 e. The first kappa shape index (κ1) is 20.2. The van der Waals surface area contributed by atoms with Gasteiger partial charge in [-0.05, 0) is 49.2 Å². The van der Waals surface area contributed by atoms with Crippen molar-refractivity contribution >= 4 is 22.3 Å². The Labute approximate surface area is 187 Å². The number of aromatic nitrogens is 4. The Kier molecular flexibility index (Phi) is 5.97. The SMILES string of the molecule is COc1ccc(-c2ccc(N3CCN(c4nnc(C5CCCCC5)s4)CC3)nn2)cc1. The molecule has 1 saturated carbocycles. The third kappa shape index (κ3) is 4.49. The zero-order chi connectivity index (χ0) is 21.0. The molecule has 2 aromatic heterocycles. The molecule has 5 rings (SSSR count). The molecule has 3 heterocycles. The third-order valence-corrected chi connectivity index (χ3v) is 7.44. The molecule has 1 saturated heterocycles. The first-order chi connectivity index (χ1) is 15.3. The lowest BCUT2D eigenvalue weighted by Gasteiger charge is -2.34. The Bertz CT molecular complexity index is 976. The van der Waals surface area contributed by atoms with Gasteiger partial charge in [-0.1, -0.05) is 30.6 Å². The van der Waals surface area contributed by atoms with Gasteiger partial charge in [0.2, 0.25) is 5.13 Å². The highest BCUT2D eigenvalue weighted by molar-refractivity contribution is 7.15. The summed E-state index contributed by atoms with van der Waals surface area (Å²) in [5, 5.41) is 20.3. The molecule has 0 N–H and O–H groups in total. The Morgan fingerprint density at radius 1 is 0.806 bits per heavy atom. The zero-order valence-electron chi connectivity index (χ0n) is 17.9. The van der Waals surface area contributed by atoms with E-state index in [0.29, 0.717) is 5.92 Å². The van der Waals surface area contributed by atoms with Crippen molar-refractivity contribution in [3.63, 3.8) is 0 Å². The number of benzene rings is 1. The molecule has 0 atom stereocenters. The van der Waals surface area contributed by atoms with E-state index in [2.05, 4.69) is 36.3 Å². The first-order valence-corrected chi connectivity index (χ1v) is 11.9. The van der Waals surface area contributed by atoms with E-state index in [9.17, 15) is 0 Å². The van der Waals surface area contributed by atoms with Crippen LogP contribution in [0.15, 0.2) is 36.4 Å². The van der Waals surface area contributed by atoms with E-state index in [4.69, 9.17) is 4.74 Å². The van der Waals surface area contributed by atoms with E-state index in [1.807, 2.05) is 30.3 Å². The molecular weight excluding hydrogens is 408 g/mol. The van der Waals surface area contributed by atoms with Gasteiger partial charge in [0.05, 0.1) is 12.8 Å². The molecule has 0 amide bonds. The van der Waals surface area contributed by atoms with Crippen molar-refractivity contribution in [3.05, 3.63) is 41.4 Å². The number of piperazine rings is 1. The summed E-state index contributed by atoms with van der Waals surface area (Å²) in [6, 6.07) is 12.0. The van der Waals surface area contributed by atoms with E-state index in [-0.39, 0.29) is 0 Å². The number of hydrogen-bond donors (Lipinski definition) is 0. The van der Waals surface area contributed by atoms with Gasteiger partial charge in [-0.25, -0.2) is 0 Å². The van der Waals surface area contributed by atoms with Gasteiger partial charge >= 0.3 is 0 Å². The fourth-order valence-corrected chi connectivity index (χ4v) is 5.47. The van der Waals surface area contributed by atoms with Crippen LogP contribution in [-0.4, -0.2) is 53.7 Å². The van der Waals surface area contributed by atoms with E-state index in [1.165, 1.54) is 37.1 Å². The summed E-state index contributed by atoms with van der Waals surface area (Å²) in [6.45, 7) is 3.69. The summed E-state index contributed by atoms with van der Waals surface area (Å²) in [5.74, 6) is 2.39. The highest BCUT2D eigenvalue weighted by Crippen LogP contribution is 2.36. The molecule has 1 aliphatic heterocycles. The minimum atomic E-state index is 0.626. The van der Waals surface area contributed by atoms with Gasteiger partial charge in [0, 0.05) is 37.7 Å². The summed E-state index contributed by atoms with van der Waals surface area (Å²) in [4.78, 5) is 4.66. The predicted octanol–water partition coefficient (Wildman–Crippen LogP) is 4.38. The van der Waals surface area contributed by atoms with Crippen molar-refractivity contribution in [2.75, 3.05) is 43.1 Å². The summed E-state index contributed by atoms with van der Waals surface area (Å²) in [6.07, 6.45) is 6.57. The average Bonchev–Trinajstić information content (AvgIpc) is 3.35. The van der Waals surface area contributed by atoms with Gasteiger partial charge in [-0.3, -0.25) is 0 Å². The van der Waals surface area contributed by atoms with Crippen molar-refractivity contribution in [1.29, 1.82) is 0 Å². The minimum absolute atomic E-state index is 0.626. The second kappa shape index (κ2) is 9.18. The van der Waals surface area contributed by atoms with Crippen molar-refractivity contribution in [1.82, 2.24) is 20.4 Å². The van der Waals surface area contributed by atoms with Gasteiger partial charge in [0.15, 0.2) is 5.82 Å². The van der Waals surface area contributed by atoms with E-state index in [1.54, 1.807) is 18.4 Å². The molecule has 0 spiro atoms. The third-order valence-electron chi connectivity index (χ3n) is 6.29. The number of hydrogen-bond acceptors (Lipinski definition) is 8. The number of anilines is 2. The van der Waals surface area contributed by atoms with Crippen molar-refractivity contribution in [3.8, 4) is 17.0 Å². The van der Waals surface area contributed by atoms with Crippen LogP contribution in [0.5, 0.6) is 5.75 Å². The Morgan fingerprint density at radius 2 is 1.55 bits per heavy atom. The Balaban J connectivity index is 1.19. The maximum absolute atomic E-state index is 5.22. The van der Waals surface area contributed by atoms with Crippen LogP contribution in [0.3, 0.4) is 0 Å². The second-order valence-corrected chi connectivity index (χ2v) is 9.22. The van der Waals surface area contributed by atoms with E-state index < -0.39 is 0 Å². The quantitative estimate of drug-likeness (QED) is 0.588. The van der Waals surface area contributed by atoms with E-state index in [0.717, 1.165) is 54.1 Å². The molecule has 162 valence electrons. The van der Waals surface area contributed by atoms with Crippen LogP contribution in [0.25, 0.3) is 11.3 Å². The molecule has 1 aromatic carbocycles. The number of nitrogens with zero attached hydrogens (tertiary/aromatic N) is 6. The standard InChI is InChI=1S/C23H28N6OS/c1-30-19-9-7-17(8-10-19)20-11-12-21(25-24-20)28-13-15-29(16-14-28)23-27-26-22(31-23)18-5-3-2-4-6-18/h7-12,18H,2-6,13-16H2,1H3. The largest absolute Gasteiger partial charge is 0.497 e. The summed E-state index contributed by atoms with van der Waals surface area (Å²) in [5.41, 5.74) is 1.91. The van der Waals surface area contributed by atoms with Crippen LogP contribution in [-0.2, 0) is 0 Å². The number of rotatable bonds is 5. The molecular formula is C23H28N6OS. The van der Waals surface area contributed by atoms with Gasteiger partial charge in [0.25, 0.3) is 0 Å². The van der Waals surface area contributed by atoms with Crippen LogP contribution >= 0.6 is 11.3 Å². The van der Waals surface area contributed by atoms with Gasteiger partial charge < -0.3 is 14.5 Å². The summed E-state index contributed by atoms with van der Waals surface area (Å²) >= 11 is 1.79. The van der Waals surface area contributed by atoms with Crippen LogP contribution in [0.2, 0.25) is 0 Å². The average molecular weight is 437 g/mol. The molecule has 1 aliphatic carbocycles. The predicted molar refractivity (Wildman–Crippen MR) is 124 cm³/mol. The second-order valence-electron chi connectivity index (χ2n) is 8.24. The molecule has 2 fully saturated rings. The Hall–Kier alpha value is -2.74. The molecule has 2 aliphatic rings. The van der Waals surface area contributed by atoms with Gasteiger partial charge in [-0.15, -0.1) is 20.4 Å². The lowest BCUT2D eigenvalue weighted by Crippen LogP contribution is -2.46. The van der Waals surface area contributed by atoms with Crippen LogP contribution in [0, 0.1) is 0 Å². The molecule has 0 radical (unpaired) electrons. The van der Waals surface area contributed by atoms with Crippen LogP contribution < -0.4 is 14.5 Å². The lowest BCUT2D eigenvalue weighted by molar-refractivity contribution is 0.415. The van der Waals surface area contributed by atoms with Gasteiger partial charge in [0.1, 0.15) is 10.8 Å². The minimum Gasteiger partial charge on any atom is -0.497 e. The normalized spacial score (nSPS) is 17.7. The maximum atomic E-state index is 5.22. The van der Waals surface area contributed by atoms with Crippen LogP contribution in [0.4, 0.5) is 10.9 Å². The van der Waals surface area contributed by atoms with Gasteiger partial charge in [-0.2, -0.15) is 0 Å². The van der Waals surface area contributed by atoms with Crippen molar-refractivity contribution in [2.24, 2.45) is 0 Å². The number of methoxy groups -OCH3 is 1.